The first-order chi connectivity index (χ1) is 12.1. The minimum absolute atomic E-state index is 0.00123. The number of aromatic nitrogens is 2. The third kappa shape index (κ3) is 3.14. The first-order valence-corrected chi connectivity index (χ1v) is 9.46. The molecule has 6 heteroatoms. The number of carbonyl (C=O) groups is 1. The Morgan fingerprint density at radius 2 is 1.96 bits per heavy atom. The van der Waals surface area contributed by atoms with Crippen molar-refractivity contribution < 1.29 is 13.9 Å². The van der Waals surface area contributed by atoms with Crippen LogP contribution in [0, 0.1) is 6.92 Å². The molecule has 2 aromatic carbocycles. The van der Waals surface area contributed by atoms with Crippen molar-refractivity contribution >= 4 is 31.7 Å². The van der Waals surface area contributed by atoms with E-state index in [0.29, 0.717) is 11.3 Å². The summed E-state index contributed by atoms with van der Waals surface area (Å²) in [6.45, 7) is 3.42. The molecule has 0 amide bonds. The molecule has 4 aromatic rings. The molecule has 25 heavy (non-hydrogen) atoms. The number of carbonyl (C=O) groups excluding carboxylic acids is 1. The van der Waals surface area contributed by atoms with Gasteiger partial charge in [-0.3, -0.25) is 0 Å². The fourth-order valence-corrected chi connectivity index (χ4v) is 3.61. The molecule has 0 radical (unpaired) electrons. The Morgan fingerprint density at radius 1 is 1.16 bits per heavy atom. The van der Waals surface area contributed by atoms with Crippen molar-refractivity contribution in [2.24, 2.45) is 0 Å². The number of ether oxygens (including phenoxy) is 1. The van der Waals surface area contributed by atoms with Crippen molar-refractivity contribution in [1.82, 2.24) is 9.19 Å². The monoisotopic (exact) mass is 398 g/mol. The molecule has 0 bridgehead atoms. The number of benzene rings is 2. The van der Waals surface area contributed by atoms with Gasteiger partial charge in [-0.25, -0.2) is 0 Å². The van der Waals surface area contributed by atoms with E-state index in [1.54, 1.807) is 6.07 Å². The standard InChI is InChI=1S/C19H14N2O3Se/c1-11-3-5-13(6-4-11)17-8-14-7-15(16-10-25-21-20-16)19(23-12(2)22)9-18(14)24-17/h3-10H,1-2H3. The molecule has 0 spiro atoms. The summed E-state index contributed by atoms with van der Waals surface area (Å²) in [5.74, 6) is 0.826. The second-order valence-corrected chi connectivity index (χ2v) is 7.03. The first-order valence-electron chi connectivity index (χ1n) is 7.70. The summed E-state index contributed by atoms with van der Waals surface area (Å²) in [7, 11) is 0. The third-order valence-corrected chi connectivity index (χ3v) is 4.90. The summed E-state index contributed by atoms with van der Waals surface area (Å²) in [6, 6.07) is 13.8. The Kier molecular flexibility index (Phi) is 3.99. The van der Waals surface area contributed by atoms with Gasteiger partial charge in [0.05, 0.1) is 0 Å². The zero-order valence-electron chi connectivity index (χ0n) is 13.6. The number of hydrogen-bond acceptors (Lipinski definition) is 5. The van der Waals surface area contributed by atoms with E-state index in [4.69, 9.17) is 9.15 Å². The normalized spacial score (nSPS) is 11.0. The Hall–Kier alpha value is -2.69. The number of rotatable bonds is 3. The van der Waals surface area contributed by atoms with Gasteiger partial charge < -0.3 is 0 Å². The van der Waals surface area contributed by atoms with Crippen LogP contribution in [0.3, 0.4) is 0 Å². The van der Waals surface area contributed by atoms with E-state index in [2.05, 4.69) is 9.19 Å². The van der Waals surface area contributed by atoms with Crippen molar-refractivity contribution in [2.45, 2.75) is 13.8 Å². The van der Waals surface area contributed by atoms with Crippen LogP contribution in [0.1, 0.15) is 12.5 Å². The zero-order chi connectivity index (χ0) is 17.4. The molecular formula is C19H14N2O3Se. The van der Waals surface area contributed by atoms with E-state index in [9.17, 15) is 4.79 Å². The average Bonchev–Trinajstić information content (AvgIpc) is 3.23. The molecule has 2 aromatic heterocycles. The SMILES string of the molecule is CC(=O)Oc1cc2oc(-c3ccc(C)cc3)cc2cc1-c1c[se]nn1. The van der Waals surface area contributed by atoms with Crippen molar-refractivity contribution in [3.63, 3.8) is 0 Å². The van der Waals surface area contributed by atoms with Gasteiger partial charge in [-0.2, -0.15) is 0 Å². The minimum atomic E-state index is -0.382. The third-order valence-electron chi connectivity index (χ3n) is 3.84. The van der Waals surface area contributed by atoms with Crippen LogP contribution in [-0.2, 0) is 4.79 Å². The maximum atomic E-state index is 11.5. The van der Waals surface area contributed by atoms with E-state index >= 15 is 0 Å². The van der Waals surface area contributed by atoms with Crippen LogP contribution in [0.25, 0.3) is 33.6 Å². The van der Waals surface area contributed by atoms with Crippen LogP contribution >= 0.6 is 0 Å². The van der Waals surface area contributed by atoms with E-state index in [1.807, 2.05) is 48.3 Å². The molecule has 124 valence electrons. The molecule has 0 saturated carbocycles. The van der Waals surface area contributed by atoms with E-state index < -0.39 is 0 Å². The van der Waals surface area contributed by atoms with Crippen LogP contribution in [0.5, 0.6) is 5.75 Å². The van der Waals surface area contributed by atoms with Crippen LogP contribution in [0.4, 0.5) is 0 Å². The van der Waals surface area contributed by atoms with Gasteiger partial charge in [-0.05, 0) is 0 Å². The van der Waals surface area contributed by atoms with Crippen LogP contribution < -0.4 is 4.74 Å². The predicted molar refractivity (Wildman–Crippen MR) is 95.7 cm³/mol. The second kappa shape index (κ2) is 6.31. The van der Waals surface area contributed by atoms with Crippen molar-refractivity contribution in [2.75, 3.05) is 0 Å². The molecule has 0 atom stereocenters. The van der Waals surface area contributed by atoms with Gasteiger partial charge in [0.1, 0.15) is 0 Å². The summed E-state index contributed by atoms with van der Waals surface area (Å²) in [6.07, 6.45) is 0. The number of nitrogens with zero attached hydrogens (tertiary/aromatic N) is 2. The first kappa shape index (κ1) is 15.8. The maximum absolute atomic E-state index is 11.5. The summed E-state index contributed by atoms with van der Waals surface area (Å²) >= 11 is 0.00123. The fourth-order valence-electron chi connectivity index (χ4n) is 2.65. The number of furan rings is 1. The Balaban J connectivity index is 1.87. The quantitative estimate of drug-likeness (QED) is 0.299. The fraction of sp³-hybridized carbons (Fsp3) is 0.105. The van der Waals surface area contributed by atoms with E-state index in [1.165, 1.54) is 12.5 Å². The summed E-state index contributed by atoms with van der Waals surface area (Å²) in [5, 5.41) is 5.08. The number of aryl methyl sites for hydroxylation is 1. The summed E-state index contributed by atoms with van der Waals surface area (Å²) in [4.78, 5) is 13.4. The molecule has 0 aliphatic heterocycles. The van der Waals surface area contributed by atoms with Crippen molar-refractivity contribution in [1.29, 1.82) is 0 Å². The molecule has 5 nitrogen and oxygen atoms in total. The average molecular weight is 397 g/mol. The van der Waals surface area contributed by atoms with Gasteiger partial charge >= 0.3 is 150 Å². The van der Waals surface area contributed by atoms with Crippen LogP contribution in [-0.4, -0.2) is 29.9 Å². The number of esters is 1. The molecule has 0 aliphatic rings. The van der Waals surface area contributed by atoms with Gasteiger partial charge in [-0.1, -0.05) is 0 Å². The van der Waals surface area contributed by atoms with Gasteiger partial charge in [0.2, 0.25) is 0 Å². The van der Waals surface area contributed by atoms with Crippen LogP contribution in [0.15, 0.2) is 51.8 Å². The Bertz CT molecular complexity index is 1050. The summed E-state index contributed by atoms with van der Waals surface area (Å²) < 4.78 is 15.4. The van der Waals surface area contributed by atoms with E-state index in [0.717, 1.165) is 28.0 Å². The van der Waals surface area contributed by atoms with Gasteiger partial charge in [-0.15, -0.1) is 0 Å². The molecule has 2 heterocycles. The second-order valence-electron chi connectivity index (χ2n) is 5.75. The van der Waals surface area contributed by atoms with Gasteiger partial charge in [0.15, 0.2) is 0 Å². The van der Waals surface area contributed by atoms with Crippen LogP contribution in [0.2, 0.25) is 0 Å². The van der Waals surface area contributed by atoms with Crippen molar-refractivity contribution in [3.8, 4) is 28.3 Å². The Morgan fingerprint density at radius 3 is 2.64 bits per heavy atom. The molecule has 0 fully saturated rings. The van der Waals surface area contributed by atoms with Gasteiger partial charge in [0, 0.05) is 0 Å². The number of hydrogen-bond donors (Lipinski definition) is 0. The molecule has 0 N–H and O–H groups in total. The zero-order valence-corrected chi connectivity index (χ0v) is 15.4. The predicted octanol–water partition coefficient (Wildman–Crippen LogP) is 3.85. The number of fused-ring (bicyclic) bond motifs is 1. The Labute approximate surface area is 150 Å². The van der Waals surface area contributed by atoms with E-state index in [-0.39, 0.29) is 20.7 Å². The molecule has 0 saturated heterocycles. The molecule has 0 aliphatic carbocycles. The molecule has 4 rings (SSSR count). The molecular weight excluding hydrogens is 383 g/mol. The topological polar surface area (TPSA) is 65.2 Å². The summed E-state index contributed by atoms with van der Waals surface area (Å²) in [5.41, 5.74) is 4.34. The van der Waals surface area contributed by atoms with Crippen molar-refractivity contribution in [3.05, 3.63) is 53.0 Å². The van der Waals surface area contributed by atoms with Gasteiger partial charge in [0.25, 0.3) is 0 Å². The molecule has 0 unspecified atom stereocenters.